The molecular weight excluding hydrogens is 316 g/mol. The Morgan fingerprint density at radius 2 is 2.29 bits per heavy atom. The number of carbonyl (C=O) groups excluding carboxylic acids is 1. The Balaban J connectivity index is 3.32. The molecule has 0 aliphatic carbocycles. The van der Waals surface area contributed by atoms with E-state index in [2.05, 4.69) is 4.74 Å². The zero-order valence-electron chi connectivity index (χ0n) is 7.17. The first-order valence-electron chi connectivity index (χ1n) is 3.57. The van der Waals surface area contributed by atoms with Crippen molar-refractivity contribution in [3.8, 4) is 6.07 Å². The van der Waals surface area contributed by atoms with Gasteiger partial charge in [0, 0.05) is 3.57 Å². The Labute approximate surface area is 99.8 Å². The molecule has 14 heavy (non-hydrogen) atoms. The van der Waals surface area contributed by atoms with Crippen molar-refractivity contribution in [1.29, 1.82) is 5.26 Å². The van der Waals surface area contributed by atoms with Gasteiger partial charge in [-0.1, -0.05) is 11.6 Å². The maximum Gasteiger partial charge on any atom is 0.337 e. The smallest absolute Gasteiger partial charge is 0.337 e. The molecule has 0 heterocycles. The number of hydrogen-bond acceptors (Lipinski definition) is 3. The second-order valence-electron chi connectivity index (χ2n) is 2.42. The van der Waals surface area contributed by atoms with Gasteiger partial charge in [0.15, 0.2) is 0 Å². The Hall–Kier alpha value is -0.800. The van der Waals surface area contributed by atoms with Crippen LogP contribution in [0.3, 0.4) is 0 Å². The van der Waals surface area contributed by atoms with Crippen LogP contribution in [0.15, 0.2) is 12.1 Å². The summed E-state index contributed by atoms with van der Waals surface area (Å²) >= 11 is 7.78. The van der Waals surface area contributed by atoms with Crippen LogP contribution in [-0.4, -0.2) is 13.1 Å². The van der Waals surface area contributed by atoms with Crippen molar-refractivity contribution in [2.45, 2.75) is 0 Å². The molecular formula is C9H5ClINO2. The molecule has 1 aromatic rings. The highest BCUT2D eigenvalue weighted by Crippen LogP contribution is 2.24. The van der Waals surface area contributed by atoms with Crippen molar-refractivity contribution in [3.05, 3.63) is 31.9 Å². The second-order valence-corrected chi connectivity index (χ2v) is 3.91. The third kappa shape index (κ3) is 2.16. The van der Waals surface area contributed by atoms with Gasteiger partial charge in [-0.15, -0.1) is 0 Å². The normalized spacial score (nSPS) is 9.29. The number of rotatable bonds is 1. The van der Waals surface area contributed by atoms with Crippen molar-refractivity contribution in [2.24, 2.45) is 0 Å². The Bertz CT molecular complexity index is 426. The Kier molecular flexibility index (Phi) is 3.72. The van der Waals surface area contributed by atoms with Crippen molar-refractivity contribution in [1.82, 2.24) is 0 Å². The SMILES string of the molecule is COC(=O)c1cc(Cl)c(I)c(C#N)c1. The summed E-state index contributed by atoms with van der Waals surface area (Å²) in [6.45, 7) is 0. The number of nitrogens with zero attached hydrogens (tertiary/aromatic N) is 1. The molecule has 0 aliphatic rings. The average molecular weight is 322 g/mol. The lowest BCUT2D eigenvalue weighted by Crippen LogP contribution is -2.02. The van der Waals surface area contributed by atoms with Crippen LogP contribution in [0, 0.1) is 14.9 Å². The molecule has 0 radical (unpaired) electrons. The summed E-state index contributed by atoms with van der Waals surface area (Å²) in [5, 5.41) is 9.14. The van der Waals surface area contributed by atoms with E-state index in [-0.39, 0.29) is 5.56 Å². The fraction of sp³-hybridized carbons (Fsp3) is 0.111. The summed E-state index contributed by atoms with van der Waals surface area (Å²) in [6.07, 6.45) is 0. The number of nitriles is 1. The van der Waals surface area contributed by atoms with Crippen LogP contribution in [0.25, 0.3) is 0 Å². The predicted octanol–water partition coefficient (Wildman–Crippen LogP) is 2.60. The largest absolute Gasteiger partial charge is 0.465 e. The van der Waals surface area contributed by atoms with Crippen LogP contribution >= 0.6 is 34.2 Å². The number of hydrogen-bond donors (Lipinski definition) is 0. The molecule has 0 atom stereocenters. The van der Waals surface area contributed by atoms with Gasteiger partial charge in [0.2, 0.25) is 0 Å². The van der Waals surface area contributed by atoms with Gasteiger partial charge >= 0.3 is 5.97 Å². The minimum Gasteiger partial charge on any atom is -0.465 e. The summed E-state index contributed by atoms with van der Waals surface area (Å²) < 4.78 is 5.16. The van der Waals surface area contributed by atoms with Crippen molar-refractivity contribution < 1.29 is 9.53 Å². The highest BCUT2D eigenvalue weighted by atomic mass is 127. The zero-order valence-corrected chi connectivity index (χ0v) is 10.1. The molecule has 0 bridgehead atoms. The maximum absolute atomic E-state index is 11.2. The quantitative estimate of drug-likeness (QED) is 0.590. The number of carbonyl (C=O) groups is 1. The predicted molar refractivity (Wildman–Crippen MR) is 60.2 cm³/mol. The molecule has 0 aliphatic heterocycles. The molecule has 1 rings (SSSR count). The summed E-state index contributed by atoms with van der Waals surface area (Å²) in [5.41, 5.74) is 0.660. The molecule has 0 amide bonds. The minimum absolute atomic E-state index is 0.287. The molecule has 5 heteroatoms. The van der Waals surface area contributed by atoms with E-state index < -0.39 is 5.97 Å². The molecule has 0 spiro atoms. The van der Waals surface area contributed by atoms with E-state index in [1.54, 1.807) is 0 Å². The first-order valence-corrected chi connectivity index (χ1v) is 5.03. The van der Waals surface area contributed by atoms with Crippen LogP contribution < -0.4 is 0 Å². The topological polar surface area (TPSA) is 50.1 Å². The van der Waals surface area contributed by atoms with E-state index >= 15 is 0 Å². The molecule has 0 saturated carbocycles. The van der Waals surface area contributed by atoms with Crippen LogP contribution in [0.5, 0.6) is 0 Å². The monoisotopic (exact) mass is 321 g/mol. The summed E-state index contributed by atoms with van der Waals surface area (Å²) in [7, 11) is 1.28. The lowest BCUT2D eigenvalue weighted by Gasteiger charge is -2.03. The summed E-state index contributed by atoms with van der Waals surface area (Å²) in [4.78, 5) is 11.2. The second kappa shape index (κ2) is 4.62. The van der Waals surface area contributed by atoms with E-state index in [0.29, 0.717) is 14.2 Å². The number of benzene rings is 1. The fourth-order valence-corrected chi connectivity index (χ4v) is 1.56. The van der Waals surface area contributed by atoms with E-state index in [1.165, 1.54) is 19.2 Å². The van der Waals surface area contributed by atoms with Crippen LogP contribution in [0.2, 0.25) is 5.02 Å². The Morgan fingerprint density at radius 1 is 1.64 bits per heavy atom. The van der Waals surface area contributed by atoms with Crippen molar-refractivity contribution >= 4 is 40.2 Å². The minimum atomic E-state index is -0.500. The number of methoxy groups -OCH3 is 1. The molecule has 1 aromatic carbocycles. The zero-order chi connectivity index (χ0) is 10.7. The first kappa shape index (κ1) is 11.3. The van der Waals surface area contributed by atoms with Gasteiger partial charge in [0.25, 0.3) is 0 Å². The maximum atomic E-state index is 11.2. The van der Waals surface area contributed by atoms with Gasteiger partial charge in [-0.25, -0.2) is 4.79 Å². The van der Waals surface area contributed by atoms with Crippen molar-refractivity contribution in [2.75, 3.05) is 7.11 Å². The molecule has 0 saturated heterocycles. The summed E-state index contributed by atoms with van der Waals surface area (Å²) in [6, 6.07) is 4.90. The molecule has 0 N–H and O–H groups in total. The molecule has 72 valence electrons. The standard InChI is InChI=1S/C9H5ClINO2/c1-14-9(13)5-2-6(4-12)8(11)7(10)3-5/h2-3H,1H3. The van der Waals surface area contributed by atoms with E-state index in [0.717, 1.165) is 0 Å². The molecule has 0 aromatic heterocycles. The average Bonchev–Trinajstić information content (AvgIpc) is 2.20. The van der Waals surface area contributed by atoms with Crippen LogP contribution in [0.4, 0.5) is 0 Å². The first-order chi connectivity index (χ1) is 6.60. The molecule has 0 fully saturated rings. The van der Waals surface area contributed by atoms with Crippen LogP contribution in [0.1, 0.15) is 15.9 Å². The molecule has 3 nitrogen and oxygen atoms in total. The number of esters is 1. The molecule has 0 unspecified atom stereocenters. The number of halogens is 2. The van der Waals surface area contributed by atoms with E-state index in [1.807, 2.05) is 28.7 Å². The summed E-state index contributed by atoms with van der Waals surface area (Å²) in [5.74, 6) is -0.500. The fourth-order valence-electron chi connectivity index (χ4n) is 0.906. The third-order valence-corrected chi connectivity index (χ3v) is 3.35. The van der Waals surface area contributed by atoms with E-state index in [9.17, 15) is 4.79 Å². The van der Waals surface area contributed by atoms with Crippen LogP contribution in [-0.2, 0) is 4.74 Å². The number of ether oxygens (including phenoxy) is 1. The Morgan fingerprint density at radius 3 is 2.79 bits per heavy atom. The van der Waals surface area contributed by atoms with Gasteiger partial charge in [-0.05, 0) is 34.7 Å². The lowest BCUT2D eigenvalue weighted by atomic mass is 10.1. The lowest BCUT2D eigenvalue weighted by molar-refractivity contribution is 0.0600. The van der Waals surface area contributed by atoms with Gasteiger partial charge in [-0.2, -0.15) is 5.26 Å². The van der Waals surface area contributed by atoms with Gasteiger partial charge in [0.05, 0.1) is 23.3 Å². The van der Waals surface area contributed by atoms with Crippen molar-refractivity contribution in [3.63, 3.8) is 0 Å². The highest BCUT2D eigenvalue weighted by molar-refractivity contribution is 14.1. The highest BCUT2D eigenvalue weighted by Gasteiger charge is 2.12. The van der Waals surface area contributed by atoms with E-state index in [4.69, 9.17) is 16.9 Å². The van der Waals surface area contributed by atoms with Gasteiger partial charge in [-0.3, -0.25) is 0 Å². The van der Waals surface area contributed by atoms with Gasteiger partial charge < -0.3 is 4.74 Å². The third-order valence-electron chi connectivity index (χ3n) is 1.57. The van der Waals surface area contributed by atoms with Gasteiger partial charge in [0.1, 0.15) is 6.07 Å².